The van der Waals surface area contributed by atoms with Gasteiger partial charge in [0.2, 0.25) is 5.95 Å². The van der Waals surface area contributed by atoms with Gasteiger partial charge in [-0.1, -0.05) is 24.3 Å². The van der Waals surface area contributed by atoms with Crippen LogP contribution in [0, 0.1) is 10.1 Å². The second-order valence-corrected chi connectivity index (χ2v) is 6.58. The number of hydrogen-bond acceptors (Lipinski definition) is 7. The zero-order valence-electron chi connectivity index (χ0n) is 16.1. The van der Waals surface area contributed by atoms with Gasteiger partial charge in [0.25, 0.3) is 11.2 Å². The Labute approximate surface area is 164 Å². The molecule has 0 aliphatic carbocycles. The van der Waals surface area contributed by atoms with E-state index in [1.54, 1.807) is 23.6 Å². The number of nitro groups is 1. The predicted molar refractivity (Wildman–Crippen MR) is 109 cm³/mol. The second kappa shape index (κ2) is 7.54. The van der Waals surface area contributed by atoms with E-state index in [4.69, 9.17) is 0 Å². The van der Waals surface area contributed by atoms with Crippen LogP contribution in [0.15, 0.2) is 51.1 Å². The van der Waals surface area contributed by atoms with Gasteiger partial charge in [0.1, 0.15) is 0 Å². The molecule has 0 saturated carbocycles. The standard InChI is InChI=1S/C18H19N7O4/c1-11(2)10-24-14-15(22(3)18(27)23(4)16(14)26)20-17(24)21-19-9-12-6-5-7-13(8-12)25(28)29/h5-9H,1,10H2,2-4H3,(H,20,21). The van der Waals surface area contributed by atoms with Gasteiger partial charge in [-0.3, -0.25) is 28.6 Å². The lowest BCUT2D eigenvalue weighted by molar-refractivity contribution is -0.384. The van der Waals surface area contributed by atoms with Crippen molar-refractivity contribution in [3.8, 4) is 0 Å². The van der Waals surface area contributed by atoms with E-state index in [1.807, 2.05) is 0 Å². The summed E-state index contributed by atoms with van der Waals surface area (Å²) < 4.78 is 3.88. The normalized spacial score (nSPS) is 11.3. The highest BCUT2D eigenvalue weighted by atomic mass is 16.6. The highest BCUT2D eigenvalue weighted by Crippen LogP contribution is 2.17. The fraction of sp³-hybridized carbons (Fsp3) is 0.222. The van der Waals surface area contributed by atoms with Crippen LogP contribution < -0.4 is 16.7 Å². The minimum atomic E-state index is -0.493. The Kier molecular flexibility index (Phi) is 5.13. The van der Waals surface area contributed by atoms with E-state index in [1.165, 1.54) is 37.0 Å². The van der Waals surface area contributed by atoms with E-state index >= 15 is 0 Å². The Bertz CT molecular complexity index is 1280. The number of nitrogens with one attached hydrogen (secondary N) is 1. The van der Waals surface area contributed by atoms with E-state index in [0.29, 0.717) is 12.1 Å². The van der Waals surface area contributed by atoms with Crippen molar-refractivity contribution < 1.29 is 4.92 Å². The van der Waals surface area contributed by atoms with Crippen LogP contribution in [-0.2, 0) is 20.6 Å². The molecule has 0 radical (unpaired) electrons. The fourth-order valence-electron chi connectivity index (χ4n) is 2.84. The first-order valence-corrected chi connectivity index (χ1v) is 8.55. The molecule has 3 aromatic rings. The van der Waals surface area contributed by atoms with Gasteiger partial charge in [-0.25, -0.2) is 10.2 Å². The Balaban J connectivity index is 2.06. The minimum absolute atomic E-state index is 0.0537. The molecule has 0 atom stereocenters. The maximum atomic E-state index is 12.6. The molecule has 2 heterocycles. The Morgan fingerprint density at radius 3 is 2.72 bits per heavy atom. The molecule has 0 spiro atoms. The van der Waals surface area contributed by atoms with Crippen molar-refractivity contribution in [2.45, 2.75) is 13.5 Å². The number of nitrogens with zero attached hydrogens (tertiary/aromatic N) is 6. The summed E-state index contributed by atoms with van der Waals surface area (Å²) in [5.74, 6) is 0.239. The largest absolute Gasteiger partial charge is 0.332 e. The van der Waals surface area contributed by atoms with Gasteiger partial charge in [0.05, 0.1) is 11.1 Å². The number of rotatable bonds is 6. The third kappa shape index (κ3) is 3.70. The highest BCUT2D eigenvalue weighted by Gasteiger charge is 2.18. The summed E-state index contributed by atoms with van der Waals surface area (Å²) in [5.41, 5.74) is 3.46. The van der Waals surface area contributed by atoms with E-state index in [2.05, 4.69) is 22.1 Å². The molecule has 0 unspecified atom stereocenters. The molecule has 3 rings (SSSR count). The van der Waals surface area contributed by atoms with Crippen molar-refractivity contribution in [1.82, 2.24) is 18.7 Å². The summed E-state index contributed by atoms with van der Waals surface area (Å²) in [5, 5.41) is 15.0. The van der Waals surface area contributed by atoms with Gasteiger partial charge in [-0.05, 0) is 6.92 Å². The van der Waals surface area contributed by atoms with Crippen molar-refractivity contribution in [3.05, 3.63) is 72.9 Å². The van der Waals surface area contributed by atoms with Crippen molar-refractivity contribution in [2.24, 2.45) is 19.2 Å². The van der Waals surface area contributed by atoms with E-state index in [9.17, 15) is 19.7 Å². The quantitative estimate of drug-likeness (QED) is 0.289. The number of hydrazone groups is 1. The van der Waals surface area contributed by atoms with Gasteiger partial charge in [-0.15, -0.1) is 0 Å². The number of nitro benzene ring substituents is 1. The van der Waals surface area contributed by atoms with Gasteiger partial charge in [-0.2, -0.15) is 10.1 Å². The lowest BCUT2D eigenvalue weighted by Gasteiger charge is -2.08. The zero-order chi connectivity index (χ0) is 21.3. The summed E-state index contributed by atoms with van der Waals surface area (Å²) in [6, 6.07) is 5.97. The zero-order valence-corrected chi connectivity index (χ0v) is 16.1. The summed E-state index contributed by atoms with van der Waals surface area (Å²) in [4.78, 5) is 39.6. The van der Waals surface area contributed by atoms with Crippen molar-refractivity contribution in [3.63, 3.8) is 0 Å². The smallest absolute Gasteiger partial charge is 0.299 e. The van der Waals surface area contributed by atoms with Crippen molar-refractivity contribution in [2.75, 3.05) is 5.43 Å². The van der Waals surface area contributed by atoms with E-state index < -0.39 is 16.2 Å². The number of aromatic nitrogens is 4. The van der Waals surface area contributed by atoms with Gasteiger partial charge in [0, 0.05) is 38.3 Å². The molecule has 11 nitrogen and oxygen atoms in total. The molecule has 0 fully saturated rings. The predicted octanol–water partition coefficient (Wildman–Crippen LogP) is 1.36. The fourth-order valence-corrected chi connectivity index (χ4v) is 2.84. The van der Waals surface area contributed by atoms with Crippen LogP contribution in [0.4, 0.5) is 11.6 Å². The molecule has 11 heteroatoms. The number of hydrogen-bond donors (Lipinski definition) is 1. The topological polar surface area (TPSA) is 129 Å². The molecular weight excluding hydrogens is 378 g/mol. The van der Waals surface area contributed by atoms with Crippen LogP contribution in [-0.4, -0.2) is 29.8 Å². The average molecular weight is 397 g/mol. The Morgan fingerprint density at radius 1 is 1.34 bits per heavy atom. The lowest BCUT2D eigenvalue weighted by atomic mass is 10.2. The molecule has 0 aliphatic rings. The van der Waals surface area contributed by atoms with Crippen molar-refractivity contribution >= 4 is 29.0 Å². The van der Waals surface area contributed by atoms with Crippen LogP contribution in [0.1, 0.15) is 12.5 Å². The Morgan fingerprint density at radius 2 is 2.07 bits per heavy atom. The lowest BCUT2D eigenvalue weighted by Crippen LogP contribution is -2.37. The number of imidazole rings is 1. The average Bonchev–Trinajstić information content (AvgIpc) is 3.02. The van der Waals surface area contributed by atoms with Crippen LogP contribution in [0.3, 0.4) is 0 Å². The first-order chi connectivity index (χ1) is 13.7. The first kappa shape index (κ1) is 19.7. The van der Waals surface area contributed by atoms with Gasteiger partial charge < -0.3 is 0 Å². The van der Waals surface area contributed by atoms with E-state index in [-0.39, 0.29) is 22.8 Å². The van der Waals surface area contributed by atoms with Crippen LogP contribution in [0.25, 0.3) is 11.2 Å². The maximum Gasteiger partial charge on any atom is 0.332 e. The molecule has 150 valence electrons. The molecule has 0 saturated heterocycles. The number of allylic oxidation sites excluding steroid dienone is 1. The Hall–Kier alpha value is -4.02. The number of benzene rings is 1. The highest BCUT2D eigenvalue weighted by molar-refractivity contribution is 5.81. The molecule has 1 N–H and O–H groups in total. The monoisotopic (exact) mass is 397 g/mol. The molecule has 0 bridgehead atoms. The maximum absolute atomic E-state index is 12.6. The molecular formula is C18H19N7O4. The van der Waals surface area contributed by atoms with Crippen molar-refractivity contribution in [1.29, 1.82) is 0 Å². The minimum Gasteiger partial charge on any atom is -0.299 e. The molecule has 0 amide bonds. The molecule has 2 aromatic heterocycles. The summed E-state index contributed by atoms with van der Waals surface area (Å²) in [6.45, 7) is 5.96. The van der Waals surface area contributed by atoms with Gasteiger partial charge >= 0.3 is 5.69 Å². The molecule has 0 aliphatic heterocycles. The summed E-state index contributed by atoms with van der Waals surface area (Å²) >= 11 is 0. The van der Waals surface area contributed by atoms with Crippen LogP contribution in [0.2, 0.25) is 0 Å². The van der Waals surface area contributed by atoms with Crippen LogP contribution in [0.5, 0.6) is 0 Å². The van der Waals surface area contributed by atoms with Crippen LogP contribution >= 0.6 is 0 Å². The summed E-state index contributed by atoms with van der Waals surface area (Å²) in [7, 11) is 2.92. The molecule has 29 heavy (non-hydrogen) atoms. The SMILES string of the molecule is C=C(C)Cn1c(NN=Cc2cccc([N+](=O)[O-])c2)nc2c1c(=O)n(C)c(=O)n2C. The first-order valence-electron chi connectivity index (χ1n) is 8.55. The summed E-state index contributed by atoms with van der Waals surface area (Å²) in [6.07, 6.45) is 1.40. The second-order valence-electron chi connectivity index (χ2n) is 6.58. The molecule has 1 aromatic carbocycles. The number of anilines is 1. The third-order valence-corrected chi connectivity index (χ3v) is 4.24. The van der Waals surface area contributed by atoms with Gasteiger partial charge in [0.15, 0.2) is 11.2 Å². The number of fused-ring (bicyclic) bond motifs is 1. The van der Waals surface area contributed by atoms with E-state index in [0.717, 1.165) is 10.1 Å². The number of aryl methyl sites for hydroxylation is 1. The third-order valence-electron chi connectivity index (χ3n) is 4.24. The number of non-ortho nitro benzene ring substituents is 1.